The highest BCUT2D eigenvalue weighted by Gasteiger charge is 2.23. The molecule has 1 aliphatic rings. The maximum Gasteiger partial charge on any atom is 0.253 e. The molecule has 1 saturated heterocycles. The molecule has 3 rings (SSSR count). The van der Waals surface area contributed by atoms with Crippen LogP contribution in [0.5, 0.6) is 0 Å². The minimum atomic E-state index is -0.00560. The van der Waals surface area contributed by atoms with Crippen molar-refractivity contribution in [3.05, 3.63) is 46.6 Å². The van der Waals surface area contributed by atoms with Crippen LogP contribution in [0.15, 0.2) is 35.5 Å². The van der Waals surface area contributed by atoms with Crippen molar-refractivity contribution in [2.45, 2.75) is 17.8 Å². The molecule has 2 heterocycles. The number of aromatic nitrogens is 2. The smallest absolute Gasteiger partial charge is 0.253 e. The van der Waals surface area contributed by atoms with E-state index in [1.165, 1.54) is 11.8 Å². The zero-order chi connectivity index (χ0) is 21.0. The molecule has 1 aromatic carbocycles. The van der Waals surface area contributed by atoms with Gasteiger partial charge in [-0.05, 0) is 17.7 Å². The van der Waals surface area contributed by atoms with Gasteiger partial charge in [-0.3, -0.25) is 9.59 Å². The number of carbonyl (C=O) groups is 2. The van der Waals surface area contributed by atoms with Crippen molar-refractivity contribution < 1.29 is 9.59 Å². The van der Waals surface area contributed by atoms with Gasteiger partial charge in [0.15, 0.2) is 5.16 Å². The molecular formula is C20H24ClN5O2S. The summed E-state index contributed by atoms with van der Waals surface area (Å²) in [6, 6.07) is 9.32. The molecule has 1 aromatic heterocycles. The van der Waals surface area contributed by atoms with E-state index >= 15 is 0 Å². The minimum absolute atomic E-state index is 0.00560. The van der Waals surface area contributed by atoms with Crippen molar-refractivity contribution in [3.8, 4) is 0 Å². The Balaban J connectivity index is 1.64. The first-order valence-corrected chi connectivity index (χ1v) is 10.7. The fourth-order valence-corrected chi connectivity index (χ4v) is 4.05. The highest BCUT2D eigenvalue weighted by atomic mass is 35.5. The summed E-state index contributed by atoms with van der Waals surface area (Å²) < 4.78 is 0. The molecule has 7 nitrogen and oxygen atoms in total. The Bertz CT molecular complexity index is 900. The van der Waals surface area contributed by atoms with E-state index in [2.05, 4.69) is 9.97 Å². The number of halogens is 1. The second-order valence-corrected chi connectivity index (χ2v) is 8.34. The van der Waals surface area contributed by atoms with Crippen LogP contribution in [-0.4, -0.2) is 71.9 Å². The predicted octanol–water partition coefficient (Wildman–Crippen LogP) is 2.79. The summed E-state index contributed by atoms with van der Waals surface area (Å²) in [5.41, 5.74) is 1.67. The van der Waals surface area contributed by atoms with Gasteiger partial charge in [-0.2, -0.15) is 0 Å². The summed E-state index contributed by atoms with van der Waals surface area (Å²) in [5.74, 6) is 1.43. The van der Waals surface area contributed by atoms with Crippen LogP contribution in [-0.2, 0) is 10.5 Å². The van der Waals surface area contributed by atoms with Gasteiger partial charge in [0.1, 0.15) is 11.0 Å². The van der Waals surface area contributed by atoms with Crippen molar-refractivity contribution in [1.29, 1.82) is 0 Å². The molecule has 1 fully saturated rings. The normalized spacial score (nSPS) is 14.1. The number of piperazine rings is 1. The first kappa shape index (κ1) is 21.4. The number of hydrogen-bond donors (Lipinski definition) is 0. The molecule has 0 unspecified atom stereocenters. The van der Waals surface area contributed by atoms with E-state index in [9.17, 15) is 9.59 Å². The van der Waals surface area contributed by atoms with E-state index in [4.69, 9.17) is 11.6 Å². The van der Waals surface area contributed by atoms with Gasteiger partial charge < -0.3 is 14.7 Å². The summed E-state index contributed by atoms with van der Waals surface area (Å²) >= 11 is 7.57. The van der Waals surface area contributed by atoms with Crippen LogP contribution in [0, 0.1) is 0 Å². The average molecular weight is 434 g/mol. The van der Waals surface area contributed by atoms with Crippen LogP contribution in [0.1, 0.15) is 22.8 Å². The second kappa shape index (κ2) is 9.45. The SMILES string of the molecule is CC(=O)N1CCN(C(=O)c2cccc(CSc3nc(Cl)cc(N(C)C)n3)c2)CC1. The molecule has 2 amide bonds. The van der Waals surface area contributed by atoms with Crippen LogP contribution in [0.3, 0.4) is 0 Å². The Morgan fingerprint density at radius 2 is 1.79 bits per heavy atom. The monoisotopic (exact) mass is 433 g/mol. The van der Waals surface area contributed by atoms with E-state index in [-0.39, 0.29) is 11.8 Å². The molecule has 1 aliphatic heterocycles. The number of benzene rings is 1. The van der Waals surface area contributed by atoms with Crippen LogP contribution in [0.4, 0.5) is 5.82 Å². The third-order valence-corrected chi connectivity index (χ3v) is 5.79. The standard InChI is InChI=1S/C20H24ClN5O2S/c1-14(27)25-7-9-26(10-8-25)19(28)16-6-4-5-15(11-16)13-29-20-22-17(21)12-18(23-20)24(2)3/h4-6,11-12H,7-10,13H2,1-3H3. The first-order chi connectivity index (χ1) is 13.8. The van der Waals surface area contributed by atoms with Crippen LogP contribution < -0.4 is 4.90 Å². The van der Waals surface area contributed by atoms with Crippen LogP contribution >= 0.6 is 23.4 Å². The molecule has 9 heteroatoms. The Kier molecular flexibility index (Phi) is 6.97. The number of nitrogens with zero attached hydrogens (tertiary/aromatic N) is 5. The largest absolute Gasteiger partial charge is 0.363 e. The van der Waals surface area contributed by atoms with Crippen LogP contribution in [0.25, 0.3) is 0 Å². The van der Waals surface area contributed by atoms with Gasteiger partial charge in [0.25, 0.3) is 5.91 Å². The molecule has 0 atom stereocenters. The summed E-state index contributed by atoms with van der Waals surface area (Å²) in [7, 11) is 3.80. The van der Waals surface area contributed by atoms with Crippen LogP contribution in [0.2, 0.25) is 5.15 Å². The van der Waals surface area contributed by atoms with E-state index in [0.717, 1.165) is 11.4 Å². The molecule has 0 N–H and O–H groups in total. The quantitative estimate of drug-likeness (QED) is 0.410. The van der Waals surface area contributed by atoms with Crippen molar-refractivity contribution in [3.63, 3.8) is 0 Å². The van der Waals surface area contributed by atoms with Gasteiger partial charge in [-0.25, -0.2) is 9.97 Å². The highest BCUT2D eigenvalue weighted by Crippen LogP contribution is 2.24. The van der Waals surface area contributed by atoms with Gasteiger partial charge >= 0.3 is 0 Å². The van der Waals surface area contributed by atoms with Gasteiger partial charge in [-0.1, -0.05) is 35.5 Å². The molecular weight excluding hydrogens is 410 g/mol. The molecule has 0 spiro atoms. The van der Waals surface area contributed by atoms with E-state index in [0.29, 0.717) is 47.8 Å². The fourth-order valence-electron chi connectivity index (χ4n) is 3.03. The topological polar surface area (TPSA) is 69.6 Å². The Labute approximate surface area is 180 Å². The number of rotatable bonds is 5. The van der Waals surface area contributed by atoms with Gasteiger partial charge in [0.2, 0.25) is 5.91 Å². The lowest BCUT2D eigenvalue weighted by Gasteiger charge is -2.34. The number of anilines is 1. The number of hydrogen-bond acceptors (Lipinski definition) is 6. The third-order valence-electron chi connectivity index (χ3n) is 4.67. The molecule has 154 valence electrons. The number of thioether (sulfide) groups is 1. The Morgan fingerprint density at radius 1 is 1.10 bits per heavy atom. The third kappa shape index (κ3) is 5.61. The van der Waals surface area contributed by atoms with Crippen molar-refractivity contribution in [2.75, 3.05) is 45.2 Å². The van der Waals surface area contributed by atoms with Gasteiger partial charge in [-0.15, -0.1) is 0 Å². The molecule has 2 aromatic rings. The second-order valence-electron chi connectivity index (χ2n) is 7.01. The van der Waals surface area contributed by atoms with Crippen molar-refractivity contribution in [2.24, 2.45) is 0 Å². The highest BCUT2D eigenvalue weighted by molar-refractivity contribution is 7.98. The fraction of sp³-hybridized carbons (Fsp3) is 0.400. The maximum atomic E-state index is 12.8. The summed E-state index contributed by atoms with van der Waals surface area (Å²) in [4.78, 5) is 38.5. The Morgan fingerprint density at radius 3 is 2.45 bits per heavy atom. The summed E-state index contributed by atoms with van der Waals surface area (Å²) in [5, 5.41) is 0.998. The maximum absolute atomic E-state index is 12.8. The Hall–Kier alpha value is -2.32. The zero-order valence-corrected chi connectivity index (χ0v) is 18.3. The van der Waals surface area contributed by atoms with Crippen molar-refractivity contribution >= 4 is 41.0 Å². The number of carbonyl (C=O) groups excluding carboxylic acids is 2. The lowest BCUT2D eigenvalue weighted by atomic mass is 10.1. The molecule has 0 saturated carbocycles. The summed E-state index contributed by atoms with van der Waals surface area (Å²) in [6.07, 6.45) is 0. The van der Waals surface area contributed by atoms with E-state index in [1.54, 1.807) is 22.8 Å². The number of amides is 2. The first-order valence-electron chi connectivity index (χ1n) is 9.32. The van der Waals surface area contributed by atoms with Gasteiger partial charge in [0, 0.05) is 64.6 Å². The van der Waals surface area contributed by atoms with Crippen molar-refractivity contribution in [1.82, 2.24) is 19.8 Å². The van der Waals surface area contributed by atoms with E-state index < -0.39 is 0 Å². The predicted molar refractivity (Wildman–Crippen MR) is 116 cm³/mol. The minimum Gasteiger partial charge on any atom is -0.363 e. The summed E-state index contributed by atoms with van der Waals surface area (Å²) in [6.45, 7) is 3.83. The lowest BCUT2D eigenvalue weighted by molar-refractivity contribution is -0.130. The van der Waals surface area contributed by atoms with E-state index in [1.807, 2.05) is 43.3 Å². The molecule has 29 heavy (non-hydrogen) atoms. The zero-order valence-electron chi connectivity index (χ0n) is 16.8. The molecule has 0 bridgehead atoms. The molecule has 0 aliphatic carbocycles. The average Bonchev–Trinajstić information content (AvgIpc) is 2.71. The molecule has 0 radical (unpaired) electrons. The lowest BCUT2D eigenvalue weighted by Crippen LogP contribution is -2.50. The van der Waals surface area contributed by atoms with Gasteiger partial charge in [0.05, 0.1) is 0 Å².